The van der Waals surface area contributed by atoms with E-state index in [1.807, 2.05) is 0 Å². The molecule has 0 aromatic heterocycles. The Morgan fingerprint density at radius 2 is 0.382 bits per heavy atom. The molecule has 0 atom stereocenters. The molecule has 0 radical (unpaired) electrons. The van der Waals surface area contributed by atoms with Gasteiger partial charge in [0, 0.05) is 97.9 Å². The highest BCUT2D eigenvalue weighted by Gasteiger charge is 2.23. The van der Waals surface area contributed by atoms with Crippen LogP contribution in [0.2, 0.25) is 0 Å². The van der Waals surface area contributed by atoms with Gasteiger partial charge in [-0.15, -0.1) is 0 Å². The third kappa shape index (κ3) is 15.7. The standard InChI is InChI=1S/C62H92N6/c1-9-17-45-63(46-18-10-2)53-29-37-57(38-30-53)67(58-39-31-54(32-40-58)64(47-19-11-3)48-20-12-4)61-27-25-26-28-62(61)68(59-41-33-55(34-42-59)65(49-21-13-5)50-22-14-6)60-43-35-56(36-44-60)66(51-23-15-7)52-24-16-8/h25-44H,9-24,45-52H2,1-8H3. The molecular formula is C62H92N6. The summed E-state index contributed by atoms with van der Waals surface area (Å²) in [5, 5.41) is 0. The zero-order chi connectivity index (χ0) is 48.4. The van der Waals surface area contributed by atoms with E-state index in [9.17, 15) is 0 Å². The summed E-state index contributed by atoms with van der Waals surface area (Å²) in [6, 6.07) is 46.8. The fraction of sp³-hybridized carbons (Fsp3) is 0.516. The lowest BCUT2D eigenvalue weighted by molar-refractivity contribution is 0.678. The lowest BCUT2D eigenvalue weighted by Gasteiger charge is -2.34. The number of rotatable bonds is 34. The normalized spacial score (nSPS) is 11.2. The summed E-state index contributed by atoms with van der Waals surface area (Å²) >= 11 is 0. The summed E-state index contributed by atoms with van der Waals surface area (Å²) in [7, 11) is 0. The largest absolute Gasteiger partial charge is 0.372 e. The van der Waals surface area contributed by atoms with Gasteiger partial charge in [0.25, 0.3) is 0 Å². The van der Waals surface area contributed by atoms with Crippen molar-refractivity contribution >= 4 is 56.9 Å². The second kappa shape index (κ2) is 30.4. The van der Waals surface area contributed by atoms with Crippen molar-refractivity contribution in [3.8, 4) is 0 Å². The van der Waals surface area contributed by atoms with E-state index in [1.54, 1.807) is 0 Å². The van der Waals surface area contributed by atoms with Gasteiger partial charge in [0.05, 0.1) is 11.4 Å². The Morgan fingerprint density at radius 3 is 0.544 bits per heavy atom. The van der Waals surface area contributed by atoms with Gasteiger partial charge < -0.3 is 29.4 Å². The molecule has 5 aromatic carbocycles. The van der Waals surface area contributed by atoms with E-state index in [2.05, 4.69) is 206 Å². The Hall–Kier alpha value is -5.10. The highest BCUT2D eigenvalue weighted by Crippen LogP contribution is 2.46. The van der Waals surface area contributed by atoms with Crippen LogP contribution in [0.15, 0.2) is 121 Å². The van der Waals surface area contributed by atoms with Crippen molar-refractivity contribution in [1.82, 2.24) is 0 Å². The van der Waals surface area contributed by atoms with E-state index >= 15 is 0 Å². The fourth-order valence-electron chi connectivity index (χ4n) is 9.22. The maximum atomic E-state index is 2.59. The molecule has 0 saturated heterocycles. The van der Waals surface area contributed by atoms with Gasteiger partial charge in [-0.25, -0.2) is 0 Å². The molecule has 0 aliphatic carbocycles. The van der Waals surface area contributed by atoms with Crippen LogP contribution in [0.1, 0.15) is 158 Å². The van der Waals surface area contributed by atoms with Gasteiger partial charge in [0.1, 0.15) is 0 Å². The molecule has 0 N–H and O–H groups in total. The number of para-hydroxylation sites is 2. The number of hydrogen-bond acceptors (Lipinski definition) is 6. The summed E-state index contributed by atoms with van der Waals surface area (Å²) in [5.41, 5.74) is 12.1. The van der Waals surface area contributed by atoms with Gasteiger partial charge in [-0.05, 0) is 161 Å². The Bertz CT molecular complexity index is 1750. The molecule has 0 aliphatic rings. The molecule has 370 valence electrons. The maximum absolute atomic E-state index is 2.59. The molecule has 0 fully saturated rings. The van der Waals surface area contributed by atoms with Gasteiger partial charge in [-0.1, -0.05) is 119 Å². The summed E-state index contributed by atoms with van der Waals surface area (Å²) in [6.45, 7) is 27.1. The molecule has 5 aromatic rings. The highest BCUT2D eigenvalue weighted by molar-refractivity contribution is 5.92. The van der Waals surface area contributed by atoms with E-state index in [-0.39, 0.29) is 0 Å². The SMILES string of the molecule is CCCCN(CCCC)c1ccc(N(c2ccc(N(CCCC)CCCC)cc2)c2ccccc2N(c2ccc(N(CCCC)CCCC)cc2)c2ccc(N(CCCC)CCCC)cc2)cc1. The van der Waals surface area contributed by atoms with E-state index in [0.29, 0.717) is 0 Å². The number of unbranched alkanes of at least 4 members (excludes halogenated alkanes) is 8. The zero-order valence-electron chi connectivity index (χ0n) is 44.2. The van der Waals surface area contributed by atoms with Crippen LogP contribution >= 0.6 is 0 Å². The minimum Gasteiger partial charge on any atom is -0.372 e. The summed E-state index contributed by atoms with van der Waals surface area (Å²) in [4.78, 5) is 15.4. The van der Waals surface area contributed by atoms with E-state index < -0.39 is 0 Å². The van der Waals surface area contributed by atoms with Crippen LogP contribution < -0.4 is 29.4 Å². The van der Waals surface area contributed by atoms with Crippen LogP contribution in [-0.4, -0.2) is 52.4 Å². The molecule has 68 heavy (non-hydrogen) atoms. The smallest absolute Gasteiger partial charge is 0.0702 e. The van der Waals surface area contributed by atoms with Crippen LogP contribution in [0.4, 0.5) is 56.9 Å². The molecule has 5 rings (SSSR count). The first kappa shape index (κ1) is 53.8. The number of hydrogen-bond donors (Lipinski definition) is 0. The van der Waals surface area contributed by atoms with Crippen LogP contribution in [0, 0.1) is 0 Å². The van der Waals surface area contributed by atoms with Crippen molar-refractivity contribution in [2.45, 2.75) is 158 Å². The van der Waals surface area contributed by atoms with Crippen LogP contribution in [-0.2, 0) is 0 Å². The maximum Gasteiger partial charge on any atom is 0.0702 e. The number of anilines is 10. The van der Waals surface area contributed by atoms with Gasteiger partial charge >= 0.3 is 0 Å². The van der Waals surface area contributed by atoms with Crippen molar-refractivity contribution < 1.29 is 0 Å². The van der Waals surface area contributed by atoms with E-state index in [4.69, 9.17) is 0 Å². The minimum atomic E-state index is 1.09. The van der Waals surface area contributed by atoms with Crippen LogP contribution in [0.3, 0.4) is 0 Å². The third-order valence-electron chi connectivity index (χ3n) is 13.5. The molecular weight excluding hydrogens is 829 g/mol. The van der Waals surface area contributed by atoms with Gasteiger partial charge in [-0.3, -0.25) is 0 Å². The van der Waals surface area contributed by atoms with Crippen molar-refractivity contribution in [1.29, 1.82) is 0 Å². The van der Waals surface area contributed by atoms with Crippen LogP contribution in [0.25, 0.3) is 0 Å². The number of benzene rings is 5. The van der Waals surface area contributed by atoms with Crippen LogP contribution in [0.5, 0.6) is 0 Å². The van der Waals surface area contributed by atoms with Gasteiger partial charge in [0.15, 0.2) is 0 Å². The summed E-state index contributed by atoms with van der Waals surface area (Å²) in [6.07, 6.45) is 19.2. The topological polar surface area (TPSA) is 19.4 Å². The Morgan fingerprint density at radius 1 is 0.221 bits per heavy atom. The lowest BCUT2D eigenvalue weighted by atomic mass is 10.1. The Balaban J connectivity index is 1.69. The van der Waals surface area contributed by atoms with E-state index in [0.717, 1.165) is 86.5 Å². The van der Waals surface area contributed by atoms with Crippen molar-refractivity contribution in [3.05, 3.63) is 121 Å². The second-order valence-electron chi connectivity index (χ2n) is 19.0. The molecule has 6 nitrogen and oxygen atoms in total. The van der Waals surface area contributed by atoms with Gasteiger partial charge in [-0.2, -0.15) is 0 Å². The Kier molecular flexibility index (Phi) is 24.1. The fourth-order valence-corrected chi connectivity index (χ4v) is 9.22. The van der Waals surface area contributed by atoms with Crippen molar-refractivity contribution in [2.75, 3.05) is 81.8 Å². The average Bonchev–Trinajstić information content (AvgIpc) is 3.38. The predicted molar refractivity (Wildman–Crippen MR) is 304 cm³/mol. The zero-order valence-corrected chi connectivity index (χ0v) is 44.2. The molecule has 6 heteroatoms. The molecule has 0 heterocycles. The first-order valence-electron chi connectivity index (χ1n) is 27.5. The first-order valence-corrected chi connectivity index (χ1v) is 27.5. The van der Waals surface area contributed by atoms with Gasteiger partial charge in [0.2, 0.25) is 0 Å². The van der Waals surface area contributed by atoms with Crippen molar-refractivity contribution in [2.24, 2.45) is 0 Å². The average molecular weight is 921 g/mol. The van der Waals surface area contributed by atoms with E-state index in [1.165, 1.54) is 125 Å². The first-order chi connectivity index (χ1) is 33.4. The second-order valence-corrected chi connectivity index (χ2v) is 19.0. The Labute approximate surface area is 416 Å². The molecule has 0 aliphatic heterocycles. The monoisotopic (exact) mass is 921 g/mol. The molecule has 0 bridgehead atoms. The summed E-state index contributed by atoms with van der Waals surface area (Å²) in [5.74, 6) is 0. The molecule has 0 saturated carbocycles. The quantitative estimate of drug-likeness (QED) is 0.0407. The minimum absolute atomic E-state index is 1.09. The molecule has 0 unspecified atom stereocenters. The predicted octanol–water partition coefficient (Wildman–Crippen LogP) is 18.3. The third-order valence-corrected chi connectivity index (χ3v) is 13.5. The lowest BCUT2D eigenvalue weighted by Crippen LogP contribution is -2.26. The summed E-state index contributed by atoms with van der Waals surface area (Å²) < 4.78 is 0. The highest BCUT2D eigenvalue weighted by atomic mass is 15.2. The molecule has 0 spiro atoms. The molecule has 0 amide bonds. The van der Waals surface area contributed by atoms with Crippen molar-refractivity contribution in [3.63, 3.8) is 0 Å². The number of nitrogens with zero attached hydrogens (tertiary/aromatic N) is 6.